The lowest BCUT2D eigenvalue weighted by Gasteiger charge is -2.08. The Balaban J connectivity index is 2.10. The van der Waals surface area contributed by atoms with E-state index in [0.29, 0.717) is 9.21 Å². The molecule has 0 radical (unpaired) electrons. The van der Waals surface area contributed by atoms with Gasteiger partial charge in [-0.05, 0) is 32.0 Å². The van der Waals surface area contributed by atoms with Crippen molar-refractivity contribution in [3.05, 3.63) is 33.1 Å². The first kappa shape index (κ1) is 13.6. The van der Waals surface area contributed by atoms with E-state index < -0.39 is 0 Å². The van der Waals surface area contributed by atoms with Crippen molar-refractivity contribution in [3.63, 3.8) is 0 Å². The number of carbonyl (C=O) groups excluding carboxylic acids is 1. The van der Waals surface area contributed by atoms with E-state index in [1.54, 1.807) is 16.8 Å². The molecule has 3 nitrogen and oxygen atoms in total. The topological polar surface area (TPSA) is 34.9 Å². The molecule has 0 aromatic carbocycles. The summed E-state index contributed by atoms with van der Waals surface area (Å²) in [5.74, 6) is 0.107. The Labute approximate surface area is 119 Å². The maximum absolute atomic E-state index is 12.2. The van der Waals surface area contributed by atoms with Gasteiger partial charge in [-0.15, -0.1) is 11.3 Å². The fourth-order valence-corrected chi connectivity index (χ4v) is 3.75. The van der Waals surface area contributed by atoms with Crippen LogP contribution in [-0.2, 0) is 7.05 Å². The summed E-state index contributed by atoms with van der Waals surface area (Å²) >= 11 is 8.69. The number of ketones is 1. The maximum atomic E-state index is 12.2. The van der Waals surface area contributed by atoms with Crippen molar-refractivity contribution in [2.24, 2.45) is 7.05 Å². The zero-order valence-corrected chi connectivity index (χ0v) is 12.7. The number of thioether (sulfide) groups is 1. The molecular formula is C12H13ClN2OS2. The third-order valence-corrected chi connectivity index (χ3v) is 4.88. The van der Waals surface area contributed by atoms with Gasteiger partial charge in [-0.2, -0.15) is 5.10 Å². The van der Waals surface area contributed by atoms with Crippen molar-refractivity contribution < 1.29 is 4.79 Å². The van der Waals surface area contributed by atoms with E-state index in [1.165, 1.54) is 23.1 Å². The van der Waals surface area contributed by atoms with Gasteiger partial charge in [0.1, 0.15) is 0 Å². The van der Waals surface area contributed by atoms with Gasteiger partial charge >= 0.3 is 0 Å². The van der Waals surface area contributed by atoms with Crippen LogP contribution in [0.3, 0.4) is 0 Å². The largest absolute Gasteiger partial charge is 0.292 e. The molecule has 18 heavy (non-hydrogen) atoms. The van der Waals surface area contributed by atoms with Crippen molar-refractivity contribution in [1.29, 1.82) is 0 Å². The second-order valence-electron chi connectivity index (χ2n) is 3.98. The molecule has 0 saturated carbocycles. The van der Waals surface area contributed by atoms with E-state index in [-0.39, 0.29) is 11.0 Å². The molecule has 2 aromatic heterocycles. The van der Waals surface area contributed by atoms with Crippen LogP contribution in [0, 0.1) is 6.92 Å². The Kier molecular flexibility index (Phi) is 4.14. The van der Waals surface area contributed by atoms with E-state index in [2.05, 4.69) is 5.10 Å². The van der Waals surface area contributed by atoms with Gasteiger partial charge in [0, 0.05) is 7.05 Å². The van der Waals surface area contributed by atoms with Crippen molar-refractivity contribution in [2.45, 2.75) is 24.1 Å². The molecule has 0 N–H and O–H groups in total. The Morgan fingerprint density at radius 1 is 1.56 bits per heavy atom. The Hall–Kier alpha value is -0.780. The molecule has 2 heterocycles. The third kappa shape index (κ3) is 2.96. The predicted octanol–water partition coefficient (Wildman–Crippen LogP) is 3.81. The highest BCUT2D eigenvalue weighted by Gasteiger charge is 2.19. The molecular weight excluding hydrogens is 288 g/mol. The van der Waals surface area contributed by atoms with Gasteiger partial charge in [0.05, 0.1) is 25.2 Å². The molecule has 0 fully saturated rings. The number of hydrogen-bond acceptors (Lipinski definition) is 4. The molecule has 0 spiro atoms. The number of rotatable bonds is 4. The van der Waals surface area contributed by atoms with Crippen LogP contribution in [0.2, 0.25) is 4.34 Å². The first-order valence-electron chi connectivity index (χ1n) is 5.44. The Morgan fingerprint density at radius 3 is 2.78 bits per heavy atom. The normalized spacial score (nSPS) is 12.7. The lowest BCUT2D eigenvalue weighted by molar-refractivity contribution is 0.0998. The number of thiophene rings is 1. The summed E-state index contributed by atoms with van der Waals surface area (Å²) in [6, 6.07) is 5.52. The molecule has 0 amide bonds. The summed E-state index contributed by atoms with van der Waals surface area (Å²) in [6.07, 6.45) is 0. The molecule has 0 aliphatic heterocycles. The lowest BCUT2D eigenvalue weighted by Crippen LogP contribution is -2.12. The highest BCUT2D eigenvalue weighted by molar-refractivity contribution is 8.00. The van der Waals surface area contributed by atoms with Crippen molar-refractivity contribution >= 4 is 40.5 Å². The zero-order valence-electron chi connectivity index (χ0n) is 10.3. The van der Waals surface area contributed by atoms with Gasteiger partial charge in [0.15, 0.2) is 5.78 Å². The fourth-order valence-electron chi connectivity index (χ4n) is 1.58. The monoisotopic (exact) mass is 300 g/mol. The van der Waals surface area contributed by atoms with Gasteiger partial charge < -0.3 is 0 Å². The van der Waals surface area contributed by atoms with Crippen LogP contribution < -0.4 is 0 Å². The maximum Gasteiger partial charge on any atom is 0.185 e. The minimum Gasteiger partial charge on any atom is -0.292 e. The van der Waals surface area contributed by atoms with Crippen LogP contribution >= 0.6 is 34.7 Å². The van der Waals surface area contributed by atoms with Crippen LogP contribution in [0.4, 0.5) is 0 Å². The summed E-state index contributed by atoms with van der Waals surface area (Å²) in [7, 11) is 1.88. The molecule has 1 unspecified atom stereocenters. The predicted molar refractivity (Wildman–Crippen MR) is 76.9 cm³/mol. The number of hydrogen-bond donors (Lipinski definition) is 0. The molecule has 6 heteroatoms. The molecule has 0 saturated heterocycles. The van der Waals surface area contributed by atoms with Crippen molar-refractivity contribution in [3.8, 4) is 0 Å². The molecule has 0 aliphatic carbocycles. The van der Waals surface area contributed by atoms with E-state index in [4.69, 9.17) is 11.6 Å². The molecule has 2 rings (SSSR count). The molecule has 2 aromatic rings. The first-order valence-corrected chi connectivity index (χ1v) is 7.51. The van der Waals surface area contributed by atoms with Crippen LogP contribution in [0.1, 0.15) is 22.3 Å². The smallest absolute Gasteiger partial charge is 0.185 e. The minimum atomic E-state index is -0.144. The SMILES string of the molecule is Cc1cc(SC(C)C(=O)c2ccc(Cl)s2)n(C)n1. The lowest BCUT2D eigenvalue weighted by atomic mass is 10.2. The Morgan fingerprint density at radius 2 is 2.28 bits per heavy atom. The molecule has 96 valence electrons. The number of halogens is 1. The van der Waals surface area contributed by atoms with Crippen molar-refractivity contribution in [2.75, 3.05) is 0 Å². The van der Waals surface area contributed by atoms with Gasteiger partial charge in [-0.25, -0.2) is 0 Å². The second-order valence-corrected chi connectivity index (χ2v) is 7.05. The van der Waals surface area contributed by atoms with Gasteiger partial charge in [-0.3, -0.25) is 9.48 Å². The van der Waals surface area contributed by atoms with E-state index in [0.717, 1.165) is 10.7 Å². The summed E-state index contributed by atoms with van der Waals surface area (Å²) in [6.45, 7) is 3.85. The summed E-state index contributed by atoms with van der Waals surface area (Å²) in [5.41, 5.74) is 0.957. The van der Waals surface area contributed by atoms with E-state index in [1.807, 2.05) is 27.0 Å². The van der Waals surface area contributed by atoms with Crippen LogP contribution in [0.5, 0.6) is 0 Å². The average Bonchev–Trinajstić information content (AvgIpc) is 2.85. The first-order chi connectivity index (χ1) is 8.47. The fraction of sp³-hybridized carbons (Fsp3) is 0.333. The average molecular weight is 301 g/mol. The van der Waals surface area contributed by atoms with E-state index >= 15 is 0 Å². The van der Waals surface area contributed by atoms with Crippen LogP contribution in [0.25, 0.3) is 0 Å². The molecule has 0 bridgehead atoms. The van der Waals surface area contributed by atoms with Crippen molar-refractivity contribution in [1.82, 2.24) is 9.78 Å². The number of Topliss-reactive ketones (excluding diaryl/α,β-unsaturated/α-hetero) is 1. The molecule has 0 aliphatic rings. The third-order valence-electron chi connectivity index (χ3n) is 2.44. The highest BCUT2D eigenvalue weighted by Crippen LogP contribution is 2.29. The van der Waals surface area contributed by atoms with Gasteiger partial charge in [-0.1, -0.05) is 23.4 Å². The number of aryl methyl sites for hydroxylation is 2. The molecule has 1 atom stereocenters. The summed E-state index contributed by atoms with van der Waals surface area (Å²) in [4.78, 5) is 12.9. The summed E-state index contributed by atoms with van der Waals surface area (Å²) < 4.78 is 2.44. The number of aromatic nitrogens is 2. The quantitative estimate of drug-likeness (QED) is 0.636. The number of nitrogens with zero attached hydrogens (tertiary/aromatic N) is 2. The van der Waals surface area contributed by atoms with Gasteiger partial charge in [0.25, 0.3) is 0 Å². The highest BCUT2D eigenvalue weighted by atomic mass is 35.5. The van der Waals surface area contributed by atoms with Gasteiger partial charge in [0.2, 0.25) is 0 Å². The van der Waals surface area contributed by atoms with Crippen LogP contribution in [-0.4, -0.2) is 20.8 Å². The zero-order chi connectivity index (χ0) is 13.3. The Bertz CT molecular complexity index is 576. The second kappa shape index (κ2) is 5.47. The standard InChI is InChI=1S/C12H13ClN2OS2/c1-7-6-11(15(3)14-7)17-8(2)12(16)9-4-5-10(13)18-9/h4-6,8H,1-3H3. The number of carbonyl (C=O) groups is 1. The summed E-state index contributed by atoms with van der Waals surface area (Å²) in [5, 5.41) is 5.12. The van der Waals surface area contributed by atoms with E-state index in [9.17, 15) is 4.79 Å². The minimum absolute atomic E-state index is 0.107. The van der Waals surface area contributed by atoms with Crippen LogP contribution in [0.15, 0.2) is 23.2 Å².